The van der Waals surface area contributed by atoms with Crippen molar-refractivity contribution in [3.05, 3.63) is 108 Å². The first-order chi connectivity index (χ1) is 19.8. The topological polar surface area (TPSA) is 93.0 Å². The molecular weight excluding hydrogens is 500 g/mol. The van der Waals surface area contributed by atoms with Crippen LogP contribution in [0.2, 0.25) is 0 Å². The number of anilines is 2. The lowest BCUT2D eigenvalue weighted by atomic mass is 10.0. The summed E-state index contributed by atoms with van der Waals surface area (Å²) in [5.41, 5.74) is 8.03. The van der Waals surface area contributed by atoms with Crippen LogP contribution in [-0.4, -0.2) is 36.8 Å². The Morgan fingerprint density at radius 1 is 0.500 bits per heavy atom. The molecule has 8 nitrogen and oxygen atoms in total. The van der Waals surface area contributed by atoms with E-state index in [0.717, 1.165) is 54.9 Å². The third-order valence-electron chi connectivity index (χ3n) is 6.71. The normalized spacial score (nSPS) is 11.6. The minimum Gasteiger partial charge on any atom is -0.496 e. The van der Waals surface area contributed by atoms with Gasteiger partial charge in [0.05, 0.1) is 26.6 Å². The number of aromatic nitrogens is 2. The fourth-order valence-corrected chi connectivity index (χ4v) is 4.77. The lowest BCUT2D eigenvalue weighted by Gasteiger charge is -2.09. The van der Waals surface area contributed by atoms with Crippen LogP contribution in [0.15, 0.2) is 107 Å². The summed E-state index contributed by atoms with van der Waals surface area (Å²) in [7, 11) is 3.34. The fourth-order valence-electron chi connectivity index (χ4n) is 4.77. The van der Waals surface area contributed by atoms with E-state index in [1.807, 2.05) is 97.1 Å². The Morgan fingerprint density at radius 3 is 1.27 bits per heavy atom. The molecule has 0 bridgehead atoms. The average molecular weight is 527 g/mol. The molecule has 0 fully saturated rings. The van der Waals surface area contributed by atoms with Crippen LogP contribution in [0.4, 0.5) is 11.6 Å². The molecule has 40 heavy (non-hydrogen) atoms. The second-order valence-electron chi connectivity index (χ2n) is 8.99. The first kappa shape index (κ1) is 24.8. The number of fused-ring (bicyclic) bond motifs is 3. The van der Waals surface area contributed by atoms with Crippen molar-refractivity contribution in [2.75, 3.05) is 25.1 Å². The number of benzene rings is 5. The maximum atomic E-state index is 5.50. The number of ether oxygens (including phenoxy) is 2. The van der Waals surface area contributed by atoms with Crippen LogP contribution < -0.4 is 20.3 Å². The molecule has 8 heteroatoms. The van der Waals surface area contributed by atoms with Gasteiger partial charge in [-0.15, -0.1) is 10.2 Å². The molecule has 1 aromatic heterocycles. The third kappa shape index (κ3) is 4.74. The van der Waals surface area contributed by atoms with Crippen molar-refractivity contribution in [2.45, 2.75) is 0 Å². The average Bonchev–Trinajstić information content (AvgIpc) is 3.02. The lowest BCUT2D eigenvalue weighted by molar-refractivity contribution is 0.419. The smallest absolute Gasteiger partial charge is 0.176 e. The molecule has 0 unspecified atom stereocenters. The van der Waals surface area contributed by atoms with Gasteiger partial charge < -0.3 is 9.47 Å². The molecule has 0 atom stereocenters. The molecule has 0 spiro atoms. The monoisotopic (exact) mass is 526 g/mol. The van der Waals surface area contributed by atoms with Crippen molar-refractivity contribution in [2.24, 2.45) is 10.2 Å². The molecule has 0 aliphatic carbocycles. The molecule has 6 rings (SSSR count). The molecule has 0 saturated carbocycles. The largest absolute Gasteiger partial charge is 0.496 e. The van der Waals surface area contributed by atoms with Crippen LogP contribution in [0.25, 0.3) is 32.3 Å². The summed E-state index contributed by atoms with van der Waals surface area (Å²) in [4.78, 5) is 0. The second-order valence-corrected chi connectivity index (χ2v) is 8.99. The minimum absolute atomic E-state index is 0.542. The molecule has 0 radical (unpaired) electrons. The number of nitrogens with one attached hydrogen (secondary N) is 2. The predicted octanol–water partition coefficient (Wildman–Crippen LogP) is 6.85. The highest BCUT2D eigenvalue weighted by Gasteiger charge is 2.09. The van der Waals surface area contributed by atoms with Crippen LogP contribution in [-0.2, 0) is 0 Å². The Bertz CT molecular complexity index is 1760. The SMILES string of the molecule is COc1ccc(/C=N\Nc2nnc(N/N=C/c3ccc(OC)c4ccccc34)c3ccccc23)c2ccccc12. The van der Waals surface area contributed by atoms with E-state index in [-0.39, 0.29) is 0 Å². The van der Waals surface area contributed by atoms with Crippen molar-refractivity contribution in [3.63, 3.8) is 0 Å². The number of hydrogen-bond acceptors (Lipinski definition) is 8. The quantitative estimate of drug-likeness (QED) is 0.167. The highest BCUT2D eigenvalue weighted by molar-refractivity contribution is 6.04. The Hall–Kier alpha value is -5.50. The molecule has 0 aliphatic rings. The third-order valence-corrected chi connectivity index (χ3v) is 6.71. The van der Waals surface area contributed by atoms with Crippen molar-refractivity contribution in [3.8, 4) is 11.5 Å². The van der Waals surface area contributed by atoms with E-state index in [2.05, 4.69) is 31.3 Å². The lowest BCUT2D eigenvalue weighted by Crippen LogP contribution is -2.02. The summed E-state index contributed by atoms with van der Waals surface area (Å²) in [5, 5.41) is 23.6. The van der Waals surface area contributed by atoms with Crippen LogP contribution >= 0.6 is 0 Å². The van der Waals surface area contributed by atoms with E-state index in [9.17, 15) is 0 Å². The van der Waals surface area contributed by atoms with Gasteiger partial charge in [-0.05, 0) is 35.0 Å². The van der Waals surface area contributed by atoms with Crippen molar-refractivity contribution >= 4 is 56.4 Å². The summed E-state index contributed by atoms with van der Waals surface area (Å²) in [6, 6.07) is 31.8. The number of methoxy groups -OCH3 is 2. The van der Waals surface area contributed by atoms with Gasteiger partial charge in [-0.25, -0.2) is 0 Å². The molecule has 5 aromatic carbocycles. The molecule has 196 valence electrons. The van der Waals surface area contributed by atoms with E-state index in [1.54, 1.807) is 26.6 Å². The molecule has 2 N–H and O–H groups in total. The Labute approximate surface area is 231 Å². The highest BCUT2D eigenvalue weighted by Crippen LogP contribution is 2.29. The Kier molecular flexibility index (Phi) is 6.88. The molecule has 0 aliphatic heterocycles. The van der Waals surface area contributed by atoms with Crippen molar-refractivity contribution in [1.82, 2.24) is 10.2 Å². The summed E-state index contributed by atoms with van der Waals surface area (Å²) in [5.74, 6) is 2.73. The van der Waals surface area contributed by atoms with E-state index >= 15 is 0 Å². The van der Waals surface area contributed by atoms with Crippen LogP contribution in [0, 0.1) is 0 Å². The molecule has 1 heterocycles. The van der Waals surface area contributed by atoms with Gasteiger partial charge in [-0.3, -0.25) is 10.9 Å². The first-order valence-electron chi connectivity index (χ1n) is 12.7. The number of hydrazone groups is 2. The van der Waals surface area contributed by atoms with E-state index in [1.165, 1.54) is 0 Å². The first-order valence-corrected chi connectivity index (χ1v) is 12.7. The van der Waals surface area contributed by atoms with Crippen LogP contribution in [0.5, 0.6) is 11.5 Å². The maximum absolute atomic E-state index is 5.50. The summed E-state index contributed by atoms with van der Waals surface area (Å²) >= 11 is 0. The molecule has 0 amide bonds. The zero-order valence-corrected chi connectivity index (χ0v) is 22.0. The predicted molar refractivity (Wildman–Crippen MR) is 163 cm³/mol. The summed E-state index contributed by atoms with van der Waals surface area (Å²) in [6.07, 6.45) is 3.54. The van der Waals surface area contributed by atoms with Crippen LogP contribution in [0.1, 0.15) is 11.1 Å². The molecule has 6 aromatic rings. The summed E-state index contributed by atoms with van der Waals surface area (Å²) < 4.78 is 11.0. The van der Waals surface area contributed by atoms with Crippen molar-refractivity contribution < 1.29 is 9.47 Å². The van der Waals surface area contributed by atoms with Gasteiger partial charge in [-0.2, -0.15) is 10.2 Å². The molecular formula is C32H26N6O2. The van der Waals surface area contributed by atoms with Gasteiger partial charge >= 0.3 is 0 Å². The second kappa shape index (κ2) is 11.1. The zero-order valence-electron chi connectivity index (χ0n) is 22.0. The Balaban J connectivity index is 1.25. The van der Waals surface area contributed by atoms with Gasteiger partial charge in [0.2, 0.25) is 0 Å². The van der Waals surface area contributed by atoms with Gasteiger partial charge in [0.25, 0.3) is 0 Å². The van der Waals surface area contributed by atoms with E-state index < -0.39 is 0 Å². The standard InChI is InChI=1S/C32H26N6O2/c1-39-29-17-15-21(23-9-3-5-11-25(23)29)19-33-35-31-27-13-7-8-14-28(27)32(38-37-31)36-34-20-22-16-18-30(40-2)26-12-6-4-10-24(22)26/h3-20H,1-2H3,(H,35,37)(H,36,38)/b33-19-,34-20+. The minimum atomic E-state index is 0.542. The molecule has 0 saturated heterocycles. The van der Waals surface area contributed by atoms with Gasteiger partial charge in [0.1, 0.15) is 11.5 Å². The highest BCUT2D eigenvalue weighted by atomic mass is 16.5. The fraction of sp³-hybridized carbons (Fsp3) is 0.0625. The van der Waals surface area contributed by atoms with E-state index in [4.69, 9.17) is 9.47 Å². The Morgan fingerprint density at radius 2 is 0.875 bits per heavy atom. The number of nitrogens with zero attached hydrogens (tertiary/aromatic N) is 4. The van der Waals surface area contributed by atoms with E-state index in [0.29, 0.717) is 11.6 Å². The van der Waals surface area contributed by atoms with Crippen molar-refractivity contribution in [1.29, 1.82) is 0 Å². The van der Waals surface area contributed by atoms with Gasteiger partial charge in [0, 0.05) is 32.7 Å². The number of hydrogen-bond donors (Lipinski definition) is 2. The van der Waals surface area contributed by atoms with Crippen LogP contribution in [0.3, 0.4) is 0 Å². The maximum Gasteiger partial charge on any atom is 0.176 e. The summed E-state index contributed by atoms with van der Waals surface area (Å²) in [6.45, 7) is 0. The number of rotatable bonds is 8. The van der Waals surface area contributed by atoms with Gasteiger partial charge in [-0.1, -0.05) is 72.8 Å². The zero-order chi connectivity index (χ0) is 27.3. The van der Waals surface area contributed by atoms with Gasteiger partial charge in [0.15, 0.2) is 11.6 Å².